The Kier molecular flexibility index (Phi) is 3.46. The van der Waals surface area contributed by atoms with Gasteiger partial charge in [0.2, 0.25) is 0 Å². The van der Waals surface area contributed by atoms with E-state index in [1.807, 2.05) is 25.1 Å². The van der Waals surface area contributed by atoms with Crippen LogP contribution in [0.4, 0.5) is 4.39 Å². The first-order chi connectivity index (χ1) is 8.19. The Morgan fingerprint density at radius 1 is 1.12 bits per heavy atom. The highest BCUT2D eigenvalue weighted by Gasteiger charge is 2.04. The first-order valence-corrected chi connectivity index (χ1v) is 5.95. The molecule has 17 heavy (non-hydrogen) atoms. The van der Waals surface area contributed by atoms with Crippen LogP contribution in [0.2, 0.25) is 0 Å². The monoisotopic (exact) mass is 243 g/mol. The van der Waals surface area contributed by atoms with Crippen LogP contribution in [0.5, 0.6) is 0 Å². The maximum atomic E-state index is 12.8. The van der Waals surface area contributed by atoms with Crippen molar-refractivity contribution in [2.45, 2.75) is 16.7 Å². The van der Waals surface area contributed by atoms with E-state index in [9.17, 15) is 4.39 Å². The smallest absolute Gasteiger partial charge is 0.123 e. The Labute approximate surface area is 104 Å². The van der Waals surface area contributed by atoms with Crippen LogP contribution in [0.1, 0.15) is 11.1 Å². The number of halogens is 1. The Hall–Kier alpha value is -1.79. The molecule has 3 heteroatoms. The summed E-state index contributed by atoms with van der Waals surface area (Å²) in [4.78, 5) is 1.82. The van der Waals surface area contributed by atoms with E-state index in [1.54, 1.807) is 12.1 Å². The quantitative estimate of drug-likeness (QED) is 0.790. The lowest BCUT2D eigenvalue weighted by atomic mass is 10.2. The third kappa shape index (κ3) is 2.86. The molecule has 0 unspecified atom stereocenters. The standard InChI is InChI=1S/C14H10FNS/c1-10-2-7-14(11(8-10)9-16)17-13-5-3-12(15)4-6-13/h2-8H,1H3. The van der Waals surface area contributed by atoms with Gasteiger partial charge in [0.25, 0.3) is 0 Å². The molecule has 0 bridgehead atoms. The summed E-state index contributed by atoms with van der Waals surface area (Å²) in [5, 5.41) is 9.04. The normalized spacial score (nSPS) is 9.94. The number of nitrogens with zero attached hydrogens (tertiary/aromatic N) is 1. The zero-order valence-corrected chi connectivity index (χ0v) is 10.1. The van der Waals surface area contributed by atoms with Crippen LogP contribution in [-0.2, 0) is 0 Å². The number of nitriles is 1. The second kappa shape index (κ2) is 5.03. The molecule has 84 valence electrons. The number of hydrogen-bond donors (Lipinski definition) is 0. The van der Waals surface area contributed by atoms with Crippen molar-refractivity contribution in [3.05, 3.63) is 59.4 Å². The molecule has 0 saturated heterocycles. The summed E-state index contributed by atoms with van der Waals surface area (Å²) < 4.78 is 12.8. The van der Waals surface area contributed by atoms with E-state index in [-0.39, 0.29) is 5.82 Å². The summed E-state index contributed by atoms with van der Waals surface area (Å²) in [5.74, 6) is -0.251. The van der Waals surface area contributed by atoms with E-state index in [2.05, 4.69) is 6.07 Å². The van der Waals surface area contributed by atoms with Crippen LogP contribution in [0.25, 0.3) is 0 Å². The van der Waals surface area contributed by atoms with Gasteiger partial charge in [-0.2, -0.15) is 5.26 Å². The van der Waals surface area contributed by atoms with Crippen molar-refractivity contribution in [2.24, 2.45) is 0 Å². The second-order valence-corrected chi connectivity index (χ2v) is 4.78. The van der Waals surface area contributed by atoms with Gasteiger partial charge in [-0.15, -0.1) is 0 Å². The van der Waals surface area contributed by atoms with Crippen molar-refractivity contribution in [1.82, 2.24) is 0 Å². The van der Waals surface area contributed by atoms with E-state index in [0.717, 1.165) is 15.4 Å². The van der Waals surface area contributed by atoms with Crippen molar-refractivity contribution in [1.29, 1.82) is 5.26 Å². The molecule has 0 amide bonds. The molecule has 0 radical (unpaired) electrons. The van der Waals surface area contributed by atoms with E-state index in [1.165, 1.54) is 23.9 Å². The van der Waals surface area contributed by atoms with Gasteiger partial charge in [-0.25, -0.2) is 4.39 Å². The third-order valence-electron chi connectivity index (χ3n) is 2.30. The van der Waals surface area contributed by atoms with Crippen molar-refractivity contribution < 1.29 is 4.39 Å². The molecule has 2 aromatic rings. The number of aryl methyl sites for hydroxylation is 1. The van der Waals surface area contributed by atoms with Gasteiger partial charge in [-0.3, -0.25) is 0 Å². The predicted molar refractivity (Wildman–Crippen MR) is 66.4 cm³/mol. The molecule has 2 rings (SSSR count). The number of benzene rings is 2. The molecule has 0 heterocycles. The Morgan fingerprint density at radius 2 is 1.82 bits per heavy atom. The van der Waals surface area contributed by atoms with Gasteiger partial charge in [-0.1, -0.05) is 17.8 Å². The number of rotatable bonds is 2. The molecule has 0 saturated carbocycles. The summed E-state index contributed by atoms with van der Waals surface area (Å²) in [6.45, 7) is 1.95. The first kappa shape index (κ1) is 11.7. The fourth-order valence-corrected chi connectivity index (χ4v) is 2.33. The highest BCUT2D eigenvalue weighted by molar-refractivity contribution is 7.99. The Morgan fingerprint density at radius 3 is 2.47 bits per heavy atom. The van der Waals surface area contributed by atoms with Gasteiger partial charge in [0.1, 0.15) is 11.9 Å². The molecule has 0 aliphatic rings. The summed E-state index contributed by atoms with van der Waals surface area (Å²) in [7, 11) is 0. The molecule has 0 aliphatic heterocycles. The van der Waals surface area contributed by atoms with Gasteiger partial charge in [0, 0.05) is 9.79 Å². The highest BCUT2D eigenvalue weighted by Crippen LogP contribution is 2.30. The topological polar surface area (TPSA) is 23.8 Å². The van der Waals surface area contributed by atoms with E-state index in [4.69, 9.17) is 5.26 Å². The van der Waals surface area contributed by atoms with Crippen LogP contribution in [-0.4, -0.2) is 0 Å². The van der Waals surface area contributed by atoms with Crippen LogP contribution in [0.3, 0.4) is 0 Å². The zero-order valence-electron chi connectivity index (χ0n) is 9.27. The molecule has 0 spiro atoms. The Balaban J connectivity index is 2.30. The SMILES string of the molecule is Cc1ccc(Sc2ccc(F)cc2)c(C#N)c1. The molecular weight excluding hydrogens is 233 g/mol. The maximum absolute atomic E-state index is 12.8. The lowest BCUT2D eigenvalue weighted by Crippen LogP contribution is -1.83. The Bertz CT molecular complexity index is 570. The molecule has 0 atom stereocenters. The largest absolute Gasteiger partial charge is 0.207 e. The molecule has 0 aliphatic carbocycles. The van der Waals surface area contributed by atoms with Gasteiger partial charge < -0.3 is 0 Å². The molecule has 0 N–H and O–H groups in total. The van der Waals surface area contributed by atoms with Crippen LogP contribution in [0, 0.1) is 24.1 Å². The minimum atomic E-state index is -0.251. The lowest BCUT2D eigenvalue weighted by molar-refractivity contribution is 0.626. The van der Waals surface area contributed by atoms with Crippen molar-refractivity contribution >= 4 is 11.8 Å². The average Bonchev–Trinajstić information content (AvgIpc) is 2.34. The van der Waals surface area contributed by atoms with Crippen LogP contribution >= 0.6 is 11.8 Å². The van der Waals surface area contributed by atoms with Crippen LogP contribution in [0.15, 0.2) is 52.3 Å². The number of hydrogen-bond acceptors (Lipinski definition) is 2. The third-order valence-corrected chi connectivity index (χ3v) is 3.38. The fourth-order valence-electron chi connectivity index (χ4n) is 1.45. The minimum absolute atomic E-state index is 0.251. The molecule has 1 nitrogen and oxygen atoms in total. The van der Waals surface area contributed by atoms with Crippen molar-refractivity contribution in [3.8, 4) is 6.07 Å². The van der Waals surface area contributed by atoms with Gasteiger partial charge in [0.05, 0.1) is 5.56 Å². The summed E-state index contributed by atoms with van der Waals surface area (Å²) in [5.41, 5.74) is 1.71. The van der Waals surface area contributed by atoms with Gasteiger partial charge in [0.15, 0.2) is 0 Å². The summed E-state index contributed by atoms with van der Waals surface area (Å²) in [6.07, 6.45) is 0. The highest BCUT2D eigenvalue weighted by atomic mass is 32.2. The summed E-state index contributed by atoms with van der Waals surface area (Å²) >= 11 is 1.47. The summed E-state index contributed by atoms with van der Waals surface area (Å²) in [6, 6.07) is 14.2. The molecule has 0 fully saturated rings. The molecular formula is C14H10FNS. The first-order valence-electron chi connectivity index (χ1n) is 5.13. The predicted octanol–water partition coefficient (Wildman–Crippen LogP) is 4.16. The van der Waals surface area contributed by atoms with E-state index >= 15 is 0 Å². The van der Waals surface area contributed by atoms with E-state index in [0.29, 0.717) is 5.56 Å². The van der Waals surface area contributed by atoms with Crippen molar-refractivity contribution in [3.63, 3.8) is 0 Å². The van der Waals surface area contributed by atoms with Gasteiger partial charge >= 0.3 is 0 Å². The van der Waals surface area contributed by atoms with Gasteiger partial charge in [-0.05, 0) is 48.9 Å². The lowest BCUT2D eigenvalue weighted by Gasteiger charge is -2.04. The second-order valence-electron chi connectivity index (χ2n) is 3.67. The van der Waals surface area contributed by atoms with E-state index < -0.39 is 0 Å². The zero-order chi connectivity index (χ0) is 12.3. The molecule has 2 aromatic carbocycles. The average molecular weight is 243 g/mol. The fraction of sp³-hybridized carbons (Fsp3) is 0.0714. The van der Waals surface area contributed by atoms with Crippen molar-refractivity contribution in [2.75, 3.05) is 0 Å². The van der Waals surface area contributed by atoms with Crippen LogP contribution < -0.4 is 0 Å². The molecule has 0 aromatic heterocycles. The minimum Gasteiger partial charge on any atom is -0.207 e. The maximum Gasteiger partial charge on any atom is 0.123 e.